The Kier molecular flexibility index (Phi) is 7.19. The summed E-state index contributed by atoms with van der Waals surface area (Å²) in [5, 5.41) is 6.09. The van der Waals surface area contributed by atoms with E-state index in [1.54, 1.807) is 24.3 Å². The van der Waals surface area contributed by atoms with E-state index in [4.69, 9.17) is 5.73 Å². The van der Waals surface area contributed by atoms with Crippen LogP contribution in [0.3, 0.4) is 0 Å². The van der Waals surface area contributed by atoms with Gasteiger partial charge in [0.1, 0.15) is 0 Å². The minimum atomic E-state index is -0.528. The Morgan fingerprint density at radius 3 is 2.57 bits per heavy atom. The molecule has 4 N–H and O–H groups in total. The third kappa shape index (κ3) is 5.36. The smallest absolute Gasteiger partial charge is 0.250 e. The van der Waals surface area contributed by atoms with Crippen molar-refractivity contribution in [3.05, 3.63) is 29.8 Å². The van der Waals surface area contributed by atoms with Gasteiger partial charge in [0.25, 0.3) is 5.91 Å². The Hall–Kier alpha value is -1.59. The number of primary amides is 1. The molecule has 1 heterocycles. The number of rotatable bonds is 5. The number of halogens is 1. The number of benzene rings is 1. The van der Waals surface area contributed by atoms with Gasteiger partial charge in [-0.05, 0) is 50.4 Å². The molecule has 1 aromatic rings. The molecule has 1 fully saturated rings. The molecule has 2 amide bonds. The summed E-state index contributed by atoms with van der Waals surface area (Å²) in [6.45, 7) is 2.08. The van der Waals surface area contributed by atoms with E-state index in [1.165, 1.54) is 0 Å². The Balaban J connectivity index is 0.00000220. The van der Waals surface area contributed by atoms with Crippen molar-refractivity contribution in [2.75, 3.05) is 18.4 Å². The Morgan fingerprint density at radius 1 is 1.24 bits per heavy atom. The van der Waals surface area contributed by atoms with E-state index in [0.29, 0.717) is 23.6 Å². The molecule has 0 spiro atoms. The van der Waals surface area contributed by atoms with Crippen LogP contribution in [0.1, 0.15) is 36.0 Å². The summed E-state index contributed by atoms with van der Waals surface area (Å²) >= 11 is 0. The molecule has 1 aliphatic rings. The second-order valence-corrected chi connectivity index (χ2v) is 5.19. The Morgan fingerprint density at radius 2 is 1.90 bits per heavy atom. The molecule has 0 aliphatic carbocycles. The normalized spacial score (nSPS) is 15.0. The largest absolute Gasteiger partial charge is 0.366 e. The van der Waals surface area contributed by atoms with Crippen LogP contribution < -0.4 is 16.4 Å². The lowest BCUT2D eigenvalue weighted by molar-refractivity contribution is -0.116. The highest BCUT2D eigenvalue weighted by molar-refractivity contribution is 6.02. The number of hydrogen-bond acceptors (Lipinski definition) is 3. The highest BCUT2D eigenvalue weighted by Crippen LogP contribution is 2.19. The maximum atomic E-state index is 12.0. The predicted octanol–water partition coefficient (Wildman–Crippen LogP) is 1.93. The SMILES string of the molecule is Cl.NC(=O)c1ccccc1NC(=O)CCC1CCNCC1. The van der Waals surface area contributed by atoms with E-state index in [-0.39, 0.29) is 18.3 Å². The van der Waals surface area contributed by atoms with Gasteiger partial charge in [0.2, 0.25) is 5.91 Å². The van der Waals surface area contributed by atoms with Gasteiger partial charge in [-0.2, -0.15) is 0 Å². The van der Waals surface area contributed by atoms with Crippen molar-refractivity contribution >= 4 is 29.9 Å². The average Bonchev–Trinajstić information content (AvgIpc) is 2.46. The van der Waals surface area contributed by atoms with Crippen molar-refractivity contribution in [2.24, 2.45) is 11.7 Å². The van der Waals surface area contributed by atoms with E-state index in [2.05, 4.69) is 10.6 Å². The van der Waals surface area contributed by atoms with Gasteiger partial charge in [0, 0.05) is 6.42 Å². The predicted molar refractivity (Wildman–Crippen MR) is 85.7 cm³/mol. The van der Waals surface area contributed by atoms with E-state index < -0.39 is 5.91 Å². The van der Waals surface area contributed by atoms with Gasteiger partial charge in [-0.15, -0.1) is 12.4 Å². The maximum Gasteiger partial charge on any atom is 0.250 e. The molecule has 2 rings (SSSR count). The lowest BCUT2D eigenvalue weighted by Crippen LogP contribution is -2.28. The van der Waals surface area contributed by atoms with Crippen LogP contribution in [-0.4, -0.2) is 24.9 Å². The first-order valence-corrected chi connectivity index (χ1v) is 7.06. The third-order valence-electron chi connectivity index (χ3n) is 3.70. The van der Waals surface area contributed by atoms with Gasteiger partial charge in [0.05, 0.1) is 11.3 Å². The Bertz CT molecular complexity index is 488. The number of piperidine rings is 1. The molecule has 0 radical (unpaired) electrons. The van der Waals surface area contributed by atoms with E-state index in [9.17, 15) is 9.59 Å². The topological polar surface area (TPSA) is 84.2 Å². The summed E-state index contributed by atoms with van der Waals surface area (Å²) in [6, 6.07) is 6.81. The second-order valence-electron chi connectivity index (χ2n) is 5.19. The number of hydrogen-bond donors (Lipinski definition) is 3. The summed E-state index contributed by atoms with van der Waals surface area (Å²) in [6.07, 6.45) is 3.64. The van der Waals surface area contributed by atoms with Crippen molar-refractivity contribution in [1.29, 1.82) is 0 Å². The molecule has 5 nitrogen and oxygen atoms in total. The molecule has 0 atom stereocenters. The molecule has 21 heavy (non-hydrogen) atoms. The van der Waals surface area contributed by atoms with Crippen LogP contribution in [-0.2, 0) is 4.79 Å². The summed E-state index contributed by atoms with van der Waals surface area (Å²) < 4.78 is 0. The number of nitrogens with one attached hydrogen (secondary N) is 2. The van der Waals surface area contributed by atoms with Crippen LogP contribution in [0.2, 0.25) is 0 Å². The van der Waals surface area contributed by atoms with Gasteiger partial charge in [0.15, 0.2) is 0 Å². The molecular formula is C15H22ClN3O2. The summed E-state index contributed by atoms with van der Waals surface area (Å²) in [4.78, 5) is 23.2. The molecule has 0 bridgehead atoms. The molecule has 0 aromatic heterocycles. The van der Waals surface area contributed by atoms with Crippen molar-refractivity contribution < 1.29 is 9.59 Å². The third-order valence-corrected chi connectivity index (χ3v) is 3.70. The first-order valence-electron chi connectivity index (χ1n) is 7.06. The first-order chi connectivity index (χ1) is 9.66. The minimum absolute atomic E-state index is 0. The standard InChI is InChI=1S/C15H21N3O2.ClH/c16-15(20)12-3-1-2-4-13(12)18-14(19)6-5-11-7-9-17-10-8-11;/h1-4,11,17H,5-10H2,(H2,16,20)(H,18,19);1H. The zero-order valence-electron chi connectivity index (χ0n) is 11.9. The molecule has 1 aromatic carbocycles. The number of carbonyl (C=O) groups is 2. The van der Waals surface area contributed by atoms with Crippen LogP contribution in [0.4, 0.5) is 5.69 Å². The van der Waals surface area contributed by atoms with Gasteiger partial charge in [-0.25, -0.2) is 0 Å². The highest BCUT2D eigenvalue weighted by atomic mass is 35.5. The van der Waals surface area contributed by atoms with Crippen LogP contribution in [0.15, 0.2) is 24.3 Å². The average molecular weight is 312 g/mol. The van der Waals surface area contributed by atoms with E-state index in [0.717, 1.165) is 32.4 Å². The molecule has 1 saturated heterocycles. The number of para-hydroxylation sites is 1. The van der Waals surface area contributed by atoms with Gasteiger partial charge in [-0.3, -0.25) is 9.59 Å². The van der Waals surface area contributed by atoms with E-state index in [1.807, 2.05) is 0 Å². The number of nitrogens with two attached hydrogens (primary N) is 1. The van der Waals surface area contributed by atoms with Gasteiger partial charge >= 0.3 is 0 Å². The lowest BCUT2D eigenvalue weighted by atomic mass is 9.93. The molecule has 0 unspecified atom stereocenters. The zero-order valence-corrected chi connectivity index (χ0v) is 12.7. The molecule has 0 saturated carbocycles. The molecule has 116 valence electrons. The van der Waals surface area contributed by atoms with Crippen LogP contribution >= 0.6 is 12.4 Å². The Labute approximate surface area is 131 Å². The van der Waals surface area contributed by atoms with Crippen molar-refractivity contribution in [2.45, 2.75) is 25.7 Å². The monoisotopic (exact) mass is 311 g/mol. The maximum absolute atomic E-state index is 12.0. The van der Waals surface area contributed by atoms with Crippen LogP contribution in [0, 0.1) is 5.92 Å². The fourth-order valence-electron chi connectivity index (χ4n) is 2.53. The molecular weight excluding hydrogens is 290 g/mol. The quantitative estimate of drug-likeness (QED) is 0.777. The van der Waals surface area contributed by atoms with Crippen molar-refractivity contribution in [3.8, 4) is 0 Å². The minimum Gasteiger partial charge on any atom is -0.366 e. The van der Waals surface area contributed by atoms with E-state index >= 15 is 0 Å². The molecule has 6 heteroatoms. The summed E-state index contributed by atoms with van der Waals surface area (Å²) in [5.41, 5.74) is 6.13. The first kappa shape index (κ1) is 17.5. The zero-order chi connectivity index (χ0) is 14.4. The summed E-state index contributed by atoms with van der Waals surface area (Å²) in [5.74, 6) is 0.0323. The van der Waals surface area contributed by atoms with Crippen molar-refractivity contribution in [3.63, 3.8) is 0 Å². The molecule has 1 aliphatic heterocycles. The van der Waals surface area contributed by atoms with Gasteiger partial charge in [-0.1, -0.05) is 12.1 Å². The fourth-order valence-corrected chi connectivity index (χ4v) is 2.53. The van der Waals surface area contributed by atoms with Crippen molar-refractivity contribution in [1.82, 2.24) is 5.32 Å². The number of anilines is 1. The van der Waals surface area contributed by atoms with Gasteiger partial charge < -0.3 is 16.4 Å². The van der Waals surface area contributed by atoms with Crippen LogP contribution in [0.25, 0.3) is 0 Å². The highest BCUT2D eigenvalue weighted by Gasteiger charge is 2.15. The summed E-state index contributed by atoms with van der Waals surface area (Å²) in [7, 11) is 0. The number of carbonyl (C=O) groups excluding carboxylic acids is 2. The number of amides is 2. The van der Waals surface area contributed by atoms with Crippen LogP contribution in [0.5, 0.6) is 0 Å². The second kappa shape index (κ2) is 8.64. The fraction of sp³-hybridized carbons (Fsp3) is 0.467. The lowest BCUT2D eigenvalue weighted by Gasteiger charge is -2.22.